The average Bonchev–Trinajstić information content (AvgIpc) is 2.18. The molecular formula is C9H9NO4. The Morgan fingerprint density at radius 3 is 2.79 bits per heavy atom. The van der Waals surface area contributed by atoms with Crippen LogP contribution in [0.4, 0.5) is 0 Å². The highest BCUT2D eigenvalue weighted by molar-refractivity contribution is 6.02. The van der Waals surface area contributed by atoms with Crippen molar-refractivity contribution in [3.05, 3.63) is 29.6 Å². The van der Waals surface area contributed by atoms with Crippen molar-refractivity contribution >= 4 is 11.9 Å². The summed E-state index contributed by atoms with van der Waals surface area (Å²) in [5.74, 6) is -1.84. The molecule has 0 radical (unpaired) electrons. The maximum Gasteiger partial charge on any atom is 0.340 e. The van der Waals surface area contributed by atoms with Crippen LogP contribution in [0.25, 0.3) is 0 Å². The van der Waals surface area contributed by atoms with Crippen LogP contribution in [0.3, 0.4) is 0 Å². The predicted octanol–water partition coefficient (Wildman–Crippen LogP) is 0.957. The molecule has 5 heteroatoms. The average molecular weight is 195 g/mol. The molecule has 0 fully saturated rings. The van der Waals surface area contributed by atoms with Crippen LogP contribution in [-0.2, 0) is 4.74 Å². The van der Waals surface area contributed by atoms with Crippen LogP contribution in [0.1, 0.15) is 27.6 Å². The standard InChI is InChI=1S/C9H9NO4/c1-2-14-9(13)7-5-10-4-3-6(7)8(11)12/h3-5H,2H2,1H3,(H,11,12). The van der Waals surface area contributed by atoms with Gasteiger partial charge in [-0.3, -0.25) is 4.98 Å². The monoisotopic (exact) mass is 195 g/mol. The molecule has 0 unspecified atom stereocenters. The lowest BCUT2D eigenvalue weighted by Crippen LogP contribution is -2.11. The summed E-state index contributed by atoms with van der Waals surface area (Å²) in [6.07, 6.45) is 2.49. The van der Waals surface area contributed by atoms with Gasteiger partial charge < -0.3 is 9.84 Å². The Morgan fingerprint density at radius 1 is 1.50 bits per heavy atom. The number of hydrogen-bond acceptors (Lipinski definition) is 4. The fraction of sp³-hybridized carbons (Fsp3) is 0.222. The van der Waals surface area contributed by atoms with E-state index in [4.69, 9.17) is 5.11 Å². The third-order valence-corrected chi connectivity index (χ3v) is 1.55. The lowest BCUT2D eigenvalue weighted by molar-refractivity contribution is 0.0514. The van der Waals surface area contributed by atoms with E-state index in [1.165, 1.54) is 18.5 Å². The minimum absolute atomic E-state index is 0.0261. The van der Waals surface area contributed by atoms with E-state index in [9.17, 15) is 9.59 Å². The first-order valence-corrected chi connectivity index (χ1v) is 4.01. The maximum atomic E-state index is 11.2. The van der Waals surface area contributed by atoms with Gasteiger partial charge in [-0.1, -0.05) is 0 Å². The van der Waals surface area contributed by atoms with Crippen molar-refractivity contribution in [3.63, 3.8) is 0 Å². The number of carboxylic acid groups (broad SMARTS) is 1. The zero-order valence-corrected chi connectivity index (χ0v) is 7.56. The van der Waals surface area contributed by atoms with Crippen molar-refractivity contribution in [3.8, 4) is 0 Å². The third-order valence-electron chi connectivity index (χ3n) is 1.55. The van der Waals surface area contributed by atoms with Gasteiger partial charge in [0.15, 0.2) is 0 Å². The van der Waals surface area contributed by atoms with Gasteiger partial charge in [0.1, 0.15) is 0 Å². The summed E-state index contributed by atoms with van der Waals surface area (Å²) in [5, 5.41) is 8.75. The molecule has 0 saturated heterocycles. The van der Waals surface area contributed by atoms with Crippen LogP contribution < -0.4 is 0 Å². The number of nitrogens with zero attached hydrogens (tertiary/aromatic N) is 1. The SMILES string of the molecule is CCOC(=O)c1cnccc1C(=O)O. The molecule has 74 valence electrons. The lowest BCUT2D eigenvalue weighted by Gasteiger charge is -2.03. The number of aromatic carboxylic acids is 1. The van der Waals surface area contributed by atoms with Gasteiger partial charge in [-0.05, 0) is 13.0 Å². The van der Waals surface area contributed by atoms with E-state index in [-0.39, 0.29) is 17.7 Å². The molecule has 0 saturated carbocycles. The summed E-state index contributed by atoms with van der Waals surface area (Å²) in [7, 11) is 0. The summed E-state index contributed by atoms with van der Waals surface area (Å²) in [4.78, 5) is 25.6. The Morgan fingerprint density at radius 2 is 2.21 bits per heavy atom. The Kier molecular flexibility index (Phi) is 3.17. The molecule has 0 amide bonds. The quantitative estimate of drug-likeness (QED) is 0.727. The van der Waals surface area contributed by atoms with Crippen LogP contribution in [-0.4, -0.2) is 28.6 Å². The number of pyridine rings is 1. The second-order valence-corrected chi connectivity index (χ2v) is 2.45. The molecule has 1 aromatic heterocycles. The topological polar surface area (TPSA) is 76.5 Å². The van der Waals surface area contributed by atoms with Crippen molar-refractivity contribution < 1.29 is 19.4 Å². The smallest absolute Gasteiger partial charge is 0.340 e. The Labute approximate surface area is 80.3 Å². The van der Waals surface area contributed by atoms with E-state index in [2.05, 4.69) is 9.72 Å². The minimum Gasteiger partial charge on any atom is -0.478 e. The molecule has 0 aliphatic rings. The number of rotatable bonds is 3. The summed E-state index contributed by atoms with van der Waals surface area (Å²) in [6.45, 7) is 1.85. The van der Waals surface area contributed by atoms with E-state index in [1.807, 2.05) is 0 Å². The first-order chi connectivity index (χ1) is 6.66. The van der Waals surface area contributed by atoms with E-state index in [0.29, 0.717) is 0 Å². The summed E-state index contributed by atoms with van der Waals surface area (Å²) < 4.78 is 4.68. The molecule has 0 aliphatic carbocycles. The molecular weight excluding hydrogens is 186 g/mol. The highest BCUT2D eigenvalue weighted by Gasteiger charge is 2.16. The van der Waals surface area contributed by atoms with Gasteiger partial charge in [-0.25, -0.2) is 9.59 Å². The zero-order chi connectivity index (χ0) is 10.6. The summed E-state index contributed by atoms with van der Waals surface area (Å²) >= 11 is 0. The van der Waals surface area contributed by atoms with Gasteiger partial charge in [-0.2, -0.15) is 0 Å². The molecule has 1 N–H and O–H groups in total. The van der Waals surface area contributed by atoms with Gasteiger partial charge in [0, 0.05) is 12.4 Å². The Balaban J connectivity index is 3.07. The summed E-state index contributed by atoms with van der Waals surface area (Å²) in [6, 6.07) is 1.26. The molecule has 1 heterocycles. The number of hydrogen-bond donors (Lipinski definition) is 1. The molecule has 5 nitrogen and oxygen atoms in total. The molecule has 0 aromatic carbocycles. The number of ether oxygens (including phenoxy) is 1. The predicted molar refractivity (Wildman–Crippen MR) is 47.2 cm³/mol. The van der Waals surface area contributed by atoms with Gasteiger partial charge in [0.05, 0.1) is 17.7 Å². The van der Waals surface area contributed by atoms with Crippen LogP contribution in [0.5, 0.6) is 0 Å². The number of aromatic nitrogens is 1. The number of esters is 1. The Hall–Kier alpha value is -1.91. The highest BCUT2D eigenvalue weighted by Crippen LogP contribution is 2.08. The van der Waals surface area contributed by atoms with E-state index < -0.39 is 11.9 Å². The van der Waals surface area contributed by atoms with Crippen LogP contribution in [0.2, 0.25) is 0 Å². The minimum atomic E-state index is -1.17. The van der Waals surface area contributed by atoms with Gasteiger partial charge >= 0.3 is 11.9 Å². The summed E-state index contributed by atoms with van der Waals surface area (Å²) in [5.41, 5.74) is -0.125. The second-order valence-electron chi connectivity index (χ2n) is 2.45. The Bertz CT molecular complexity index is 362. The van der Waals surface area contributed by atoms with Gasteiger partial charge in [-0.15, -0.1) is 0 Å². The first-order valence-electron chi connectivity index (χ1n) is 4.01. The van der Waals surface area contributed by atoms with E-state index >= 15 is 0 Å². The van der Waals surface area contributed by atoms with Gasteiger partial charge in [0.25, 0.3) is 0 Å². The van der Waals surface area contributed by atoms with Crippen LogP contribution in [0.15, 0.2) is 18.5 Å². The second kappa shape index (κ2) is 4.36. The number of carboxylic acids is 1. The van der Waals surface area contributed by atoms with E-state index in [1.54, 1.807) is 6.92 Å². The highest BCUT2D eigenvalue weighted by atomic mass is 16.5. The van der Waals surface area contributed by atoms with Crippen LogP contribution >= 0.6 is 0 Å². The molecule has 0 aliphatic heterocycles. The van der Waals surface area contributed by atoms with Crippen molar-refractivity contribution in [1.82, 2.24) is 4.98 Å². The van der Waals surface area contributed by atoms with Gasteiger partial charge in [0.2, 0.25) is 0 Å². The fourth-order valence-corrected chi connectivity index (χ4v) is 0.952. The lowest BCUT2D eigenvalue weighted by atomic mass is 10.1. The van der Waals surface area contributed by atoms with Crippen molar-refractivity contribution in [2.75, 3.05) is 6.61 Å². The van der Waals surface area contributed by atoms with Crippen LogP contribution in [0, 0.1) is 0 Å². The largest absolute Gasteiger partial charge is 0.478 e. The molecule has 1 rings (SSSR count). The molecule has 0 atom stereocenters. The fourth-order valence-electron chi connectivity index (χ4n) is 0.952. The first kappa shape index (κ1) is 10.2. The number of carbonyl (C=O) groups excluding carboxylic acids is 1. The molecule has 0 spiro atoms. The van der Waals surface area contributed by atoms with Crippen molar-refractivity contribution in [2.45, 2.75) is 6.92 Å². The maximum absolute atomic E-state index is 11.2. The number of carbonyl (C=O) groups is 2. The van der Waals surface area contributed by atoms with Crippen molar-refractivity contribution in [1.29, 1.82) is 0 Å². The molecule has 0 bridgehead atoms. The third kappa shape index (κ3) is 2.07. The van der Waals surface area contributed by atoms with Crippen molar-refractivity contribution in [2.24, 2.45) is 0 Å². The molecule has 1 aromatic rings. The zero-order valence-electron chi connectivity index (χ0n) is 7.56. The van der Waals surface area contributed by atoms with E-state index in [0.717, 1.165) is 0 Å². The molecule has 14 heavy (non-hydrogen) atoms. The normalized spacial score (nSPS) is 9.50.